The van der Waals surface area contributed by atoms with Gasteiger partial charge in [0.1, 0.15) is 0 Å². The Hall–Kier alpha value is -1.97. The molecule has 0 saturated carbocycles. The van der Waals surface area contributed by atoms with Crippen LogP contribution < -0.4 is 0 Å². The Kier molecular flexibility index (Phi) is 5.67. The van der Waals surface area contributed by atoms with E-state index in [-0.39, 0.29) is 11.8 Å². The first-order valence-corrected chi connectivity index (χ1v) is 8.58. The van der Waals surface area contributed by atoms with E-state index in [1.807, 2.05) is 4.90 Å². The van der Waals surface area contributed by atoms with Crippen molar-refractivity contribution in [3.8, 4) is 0 Å². The van der Waals surface area contributed by atoms with E-state index in [1.54, 1.807) is 22.8 Å². The second-order valence-corrected chi connectivity index (χ2v) is 6.44. The number of aliphatic hydroxyl groups is 1. The zero-order chi connectivity index (χ0) is 17.8. The summed E-state index contributed by atoms with van der Waals surface area (Å²) in [5, 5.41) is 14.2. The Bertz CT molecular complexity index is 605. The number of carbonyl (C=O) groups excluding carboxylic acids is 2. The van der Waals surface area contributed by atoms with Gasteiger partial charge in [-0.3, -0.25) is 19.2 Å². The standard InChI is InChI=1S/C16H25N5O4/c1-18-11-13(10-17-18)15(23)16(24)21-4-2-19(3-5-21)12-14(22)20-6-8-25-9-7-20/h10-11,15,23H,2-9,12H2,1H3/t15-/m0/s1. The molecule has 0 unspecified atom stereocenters. The second kappa shape index (κ2) is 7.94. The molecule has 2 aliphatic rings. The Morgan fingerprint density at radius 2 is 1.84 bits per heavy atom. The van der Waals surface area contributed by atoms with E-state index >= 15 is 0 Å². The number of hydrogen-bond donors (Lipinski definition) is 1. The van der Waals surface area contributed by atoms with Crippen LogP contribution in [0.25, 0.3) is 0 Å². The lowest BCUT2D eigenvalue weighted by Gasteiger charge is -2.36. The van der Waals surface area contributed by atoms with Crippen molar-refractivity contribution in [1.29, 1.82) is 0 Å². The molecule has 3 rings (SSSR count). The number of aliphatic hydroxyl groups excluding tert-OH is 1. The maximum atomic E-state index is 12.4. The molecule has 9 heteroatoms. The third-order valence-corrected chi connectivity index (χ3v) is 4.68. The molecule has 9 nitrogen and oxygen atoms in total. The van der Waals surface area contributed by atoms with Crippen molar-refractivity contribution < 1.29 is 19.4 Å². The Morgan fingerprint density at radius 3 is 2.44 bits per heavy atom. The summed E-state index contributed by atoms with van der Waals surface area (Å²) in [7, 11) is 1.74. The number of piperazine rings is 1. The van der Waals surface area contributed by atoms with Gasteiger partial charge in [-0.25, -0.2) is 0 Å². The van der Waals surface area contributed by atoms with E-state index in [4.69, 9.17) is 4.74 Å². The van der Waals surface area contributed by atoms with Gasteiger partial charge in [0.05, 0.1) is 26.0 Å². The van der Waals surface area contributed by atoms with E-state index in [9.17, 15) is 14.7 Å². The fourth-order valence-corrected chi connectivity index (χ4v) is 3.13. The Labute approximate surface area is 146 Å². The molecule has 2 fully saturated rings. The summed E-state index contributed by atoms with van der Waals surface area (Å²) in [5.74, 6) is -0.203. The van der Waals surface area contributed by atoms with E-state index in [0.29, 0.717) is 64.6 Å². The van der Waals surface area contributed by atoms with Crippen molar-refractivity contribution in [3.05, 3.63) is 18.0 Å². The van der Waals surface area contributed by atoms with Crippen LogP contribution in [-0.4, -0.2) is 100 Å². The predicted octanol–water partition coefficient (Wildman–Crippen LogP) is -1.54. The highest BCUT2D eigenvalue weighted by molar-refractivity contribution is 5.82. The van der Waals surface area contributed by atoms with Crippen molar-refractivity contribution in [2.45, 2.75) is 6.10 Å². The maximum Gasteiger partial charge on any atom is 0.256 e. The van der Waals surface area contributed by atoms with Crippen LogP contribution in [0, 0.1) is 0 Å². The second-order valence-electron chi connectivity index (χ2n) is 6.44. The molecule has 2 amide bonds. The van der Waals surface area contributed by atoms with E-state index in [1.165, 1.54) is 6.20 Å². The molecule has 2 aliphatic heterocycles. The Balaban J connectivity index is 1.46. The molecule has 0 bridgehead atoms. The Morgan fingerprint density at radius 1 is 1.16 bits per heavy atom. The molecule has 1 aromatic heterocycles. The van der Waals surface area contributed by atoms with Crippen molar-refractivity contribution in [1.82, 2.24) is 24.5 Å². The topological polar surface area (TPSA) is 91.1 Å². The molecule has 1 atom stereocenters. The molecule has 1 aromatic rings. The number of ether oxygens (including phenoxy) is 1. The zero-order valence-corrected chi connectivity index (χ0v) is 14.5. The minimum Gasteiger partial charge on any atom is -0.378 e. The number of aromatic nitrogens is 2. The number of amides is 2. The van der Waals surface area contributed by atoms with Crippen molar-refractivity contribution in [2.24, 2.45) is 7.05 Å². The van der Waals surface area contributed by atoms with Gasteiger partial charge in [-0.15, -0.1) is 0 Å². The molecule has 0 aromatic carbocycles. The SMILES string of the molecule is Cn1cc([C@H](O)C(=O)N2CCN(CC(=O)N3CCOCC3)CC2)cn1. The number of aryl methyl sites for hydroxylation is 1. The van der Waals surface area contributed by atoms with Crippen molar-refractivity contribution >= 4 is 11.8 Å². The number of hydrogen-bond acceptors (Lipinski definition) is 6. The third kappa shape index (κ3) is 4.36. The monoisotopic (exact) mass is 351 g/mol. The van der Waals surface area contributed by atoms with Crippen LogP contribution >= 0.6 is 0 Å². The minimum atomic E-state index is -1.18. The quantitative estimate of drug-likeness (QED) is 0.707. The average Bonchev–Trinajstić information content (AvgIpc) is 3.08. The van der Waals surface area contributed by atoms with Crippen LogP contribution in [0.1, 0.15) is 11.7 Å². The van der Waals surface area contributed by atoms with Gasteiger partial charge in [0.15, 0.2) is 6.10 Å². The molecular formula is C16H25N5O4. The number of carbonyl (C=O) groups is 2. The minimum absolute atomic E-state index is 0.110. The van der Waals surface area contributed by atoms with E-state index in [0.717, 1.165) is 0 Å². The molecule has 1 N–H and O–H groups in total. The van der Waals surface area contributed by atoms with Crippen molar-refractivity contribution in [2.75, 3.05) is 59.0 Å². The third-order valence-electron chi connectivity index (χ3n) is 4.68. The summed E-state index contributed by atoms with van der Waals surface area (Å²) in [6.07, 6.45) is 1.95. The zero-order valence-electron chi connectivity index (χ0n) is 14.5. The molecule has 0 spiro atoms. The van der Waals surface area contributed by atoms with Gasteiger partial charge in [-0.05, 0) is 0 Å². The van der Waals surface area contributed by atoms with Gasteiger partial charge in [0, 0.05) is 58.1 Å². The fourth-order valence-electron chi connectivity index (χ4n) is 3.13. The van der Waals surface area contributed by atoms with E-state index in [2.05, 4.69) is 10.00 Å². The molecule has 0 aliphatic carbocycles. The lowest BCUT2D eigenvalue weighted by molar-refractivity contribution is -0.143. The van der Waals surface area contributed by atoms with Crippen LogP contribution in [0.3, 0.4) is 0 Å². The summed E-state index contributed by atoms with van der Waals surface area (Å²) in [6, 6.07) is 0. The highest BCUT2D eigenvalue weighted by Crippen LogP contribution is 2.16. The first kappa shape index (κ1) is 17.8. The molecule has 138 valence electrons. The lowest BCUT2D eigenvalue weighted by Crippen LogP contribution is -2.53. The summed E-state index contributed by atoms with van der Waals surface area (Å²) in [4.78, 5) is 30.2. The highest BCUT2D eigenvalue weighted by atomic mass is 16.5. The van der Waals surface area contributed by atoms with Crippen LogP contribution in [0.15, 0.2) is 12.4 Å². The largest absolute Gasteiger partial charge is 0.378 e. The number of morpholine rings is 1. The van der Waals surface area contributed by atoms with Crippen LogP contribution in [0.4, 0.5) is 0 Å². The first-order valence-electron chi connectivity index (χ1n) is 8.58. The normalized spacial score (nSPS) is 20.6. The summed E-state index contributed by atoms with van der Waals surface area (Å²) in [6.45, 7) is 5.12. The van der Waals surface area contributed by atoms with E-state index < -0.39 is 6.10 Å². The van der Waals surface area contributed by atoms with Crippen LogP contribution in [-0.2, 0) is 21.4 Å². The lowest BCUT2D eigenvalue weighted by atomic mass is 10.1. The molecule has 0 radical (unpaired) electrons. The van der Waals surface area contributed by atoms with Crippen LogP contribution in [0.2, 0.25) is 0 Å². The number of rotatable bonds is 4. The fraction of sp³-hybridized carbons (Fsp3) is 0.688. The summed E-state index contributed by atoms with van der Waals surface area (Å²) in [5.41, 5.74) is 0.498. The molecule has 3 heterocycles. The maximum absolute atomic E-state index is 12.4. The first-order chi connectivity index (χ1) is 12.0. The van der Waals surface area contributed by atoms with Crippen molar-refractivity contribution in [3.63, 3.8) is 0 Å². The highest BCUT2D eigenvalue weighted by Gasteiger charge is 2.29. The van der Waals surface area contributed by atoms with Crippen LogP contribution in [0.5, 0.6) is 0 Å². The summed E-state index contributed by atoms with van der Waals surface area (Å²) >= 11 is 0. The smallest absolute Gasteiger partial charge is 0.256 e. The molecule has 2 saturated heterocycles. The van der Waals surface area contributed by atoms with Gasteiger partial charge in [0.2, 0.25) is 5.91 Å². The van der Waals surface area contributed by atoms with Gasteiger partial charge in [0.25, 0.3) is 5.91 Å². The number of nitrogens with zero attached hydrogens (tertiary/aromatic N) is 5. The molecule has 25 heavy (non-hydrogen) atoms. The van der Waals surface area contributed by atoms with Gasteiger partial charge in [-0.2, -0.15) is 5.10 Å². The molecular weight excluding hydrogens is 326 g/mol. The van der Waals surface area contributed by atoms with Gasteiger partial charge < -0.3 is 19.6 Å². The van der Waals surface area contributed by atoms with Gasteiger partial charge >= 0.3 is 0 Å². The predicted molar refractivity (Wildman–Crippen MR) is 88.6 cm³/mol. The summed E-state index contributed by atoms with van der Waals surface area (Å²) < 4.78 is 6.82. The average molecular weight is 351 g/mol. The van der Waals surface area contributed by atoms with Gasteiger partial charge in [-0.1, -0.05) is 0 Å².